The largest absolute Gasteiger partial charge is 0.345 e. The number of halogens is 2. The fourth-order valence-corrected chi connectivity index (χ4v) is 2.83. The summed E-state index contributed by atoms with van der Waals surface area (Å²) >= 11 is 0. The number of alkyl halides is 2. The van der Waals surface area contributed by atoms with Crippen molar-refractivity contribution in [2.45, 2.75) is 19.1 Å². The molecule has 1 heterocycles. The SMILES string of the molecule is CCN(C)C(=O)CS(=O)(=O)Cc1nnn(C)c1C(F)F. The van der Waals surface area contributed by atoms with Crippen molar-refractivity contribution in [1.82, 2.24) is 19.9 Å². The Labute approximate surface area is 115 Å². The normalized spacial score (nSPS) is 11.9. The monoisotopic (exact) mass is 310 g/mol. The van der Waals surface area contributed by atoms with E-state index >= 15 is 0 Å². The average Bonchev–Trinajstić information content (AvgIpc) is 2.67. The van der Waals surface area contributed by atoms with Gasteiger partial charge in [0.15, 0.2) is 9.84 Å². The van der Waals surface area contributed by atoms with E-state index in [0.717, 1.165) is 4.68 Å². The third-order valence-electron chi connectivity index (χ3n) is 2.75. The summed E-state index contributed by atoms with van der Waals surface area (Å²) < 4.78 is 50.1. The van der Waals surface area contributed by atoms with Crippen LogP contribution in [0.1, 0.15) is 24.7 Å². The standard InChI is InChI=1S/C10H16F2N4O3S/c1-4-15(2)8(17)6-20(18,19)5-7-9(10(11)12)16(3)14-13-7/h10H,4-6H2,1-3H3. The summed E-state index contributed by atoms with van der Waals surface area (Å²) in [6.45, 7) is 2.06. The summed E-state index contributed by atoms with van der Waals surface area (Å²) in [4.78, 5) is 12.8. The highest BCUT2D eigenvalue weighted by Crippen LogP contribution is 2.22. The van der Waals surface area contributed by atoms with E-state index in [2.05, 4.69) is 10.3 Å². The molecule has 0 spiro atoms. The molecule has 10 heteroatoms. The molecule has 0 aromatic carbocycles. The molecule has 0 radical (unpaired) electrons. The van der Waals surface area contributed by atoms with Gasteiger partial charge in [0.25, 0.3) is 6.43 Å². The van der Waals surface area contributed by atoms with Crippen LogP contribution in [-0.2, 0) is 27.4 Å². The molecule has 0 N–H and O–H groups in total. The zero-order valence-electron chi connectivity index (χ0n) is 11.4. The maximum atomic E-state index is 12.8. The van der Waals surface area contributed by atoms with Crippen LogP contribution in [0.25, 0.3) is 0 Å². The molecule has 0 saturated carbocycles. The van der Waals surface area contributed by atoms with Gasteiger partial charge in [-0.25, -0.2) is 21.9 Å². The molecular formula is C10H16F2N4O3S. The Kier molecular flexibility index (Phi) is 5.15. The number of hydrogen-bond acceptors (Lipinski definition) is 5. The van der Waals surface area contributed by atoms with Gasteiger partial charge < -0.3 is 4.90 Å². The molecule has 0 saturated heterocycles. The summed E-state index contributed by atoms with van der Waals surface area (Å²) in [6.07, 6.45) is -2.88. The Morgan fingerprint density at radius 3 is 2.55 bits per heavy atom. The van der Waals surface area contributed by atoms with E-state index in [1.807, 2.05) is 0 Å². The second-order valence-electron chi connectivity index (χ2n) is 4.29. The summed E-state index contributed by atoms with van der Waals surface area (Å²) in [7, 11) is -1.16. The van der Waals surface area contributed by atoms with Crippen LogP contribution >= 0.6 is 0 Å². The predicted molar refractivity (Wildman–Crippen MR) is 66.8 cm³/mol. The van der Waals surface area contributed by atoms with Gasteiger partial charge in [-0.3, -0.25) is 4.79 Å². The molecule has 20 heavy (non-hydrogen) atoms. The number of amides is 1. The molecule has 1 aromatic heterocycles. The summed E-state index contributed by atoms with van der Waals surface area (Å²) in [5, 5.41) is 6.80. The van der Waals surface area contributed by atoms with E-state index in [1.54, 1.807) is 6.92 Å². The molecule has 1 rings (SSSR count). The van der Waals surface area contributed by atoms with Gasteiger partial charge in [-0.2, -0.15) is 0 Å². The van der Waals surface area contributed by atoms with Crippen LogP contribution in [0.3, 0.4) is 0 Å². The Hall–Kier alpha value is -1.58. The van der Waals surface area contributed by atoms with Crippen LogP contribution < -0.4 is 0 Å². The highest BCUT2D eigenvalue weighted by molar-refractivity contribution is 7.91. The van der Waals surface area contributed by atoms with Gasteiger partial charge in [-0.1, -0.05) is 5.21 Å². The third-order valence-corrected chi connectivity index (χ3v) is 4.15. The Bertz CT molecular complexity index is 585. The minimum absolute atomic E-state index is 0.325. The van der Waals surface area contributed by atoms with Crippen molar-refractivity contribution in [3.8, 4) is 0 Å². The van der Waals surface area contributed by atoms with Crippen LogP contribution in [-0.4, -0.2) is 53.6 Å². The average molecular weight is 310 g/mol. The Balaban J connectivity index is 2.90. The molecular weight excluding hydrogens is 294 g/mol. The van der Waals surface area contributed by atoms with E-state index in [1.165, 1.54) is 19.0 Å². The number of sulfone groups is 1. The lowest BCUT2D eigenvalue weighted by atomic mass is 10.3. The van der Waals surface area contributed by atoms with Crippen molar-refractivity contribution in [1.29, 1.82) is 0 Å². The quantitative estimate of drug-likeness (QED) is 0.746. The fraction of sp³-hybridized carbons (Fsp3) is 0.700. The van der Waals surface area contributed by atoms with Crippen molar-refractivity contribution < 1.29 is 22.0 Å². The van der Waals surface area contributed by atoms with Gasteiger partial charge in [0.2, 0.25) is 5.91 Å². The van der Waals surface area contributed by atoms with Crippen LogP contribution in [0.2, 0.25) is 0 Å². The molecule has 0 unspecified atom stereocenters. The van der Waals surface area contributed by atoms with Crippen molar-refractivity contribution >= 4 is 15.7 Å². The van der Waals surface area contributed by atoms with Gasteiger partial charge in [0.05, 0.1) is 5.75 Å². The Morgan fingerprint density at radius 1 is 1.45 bits per heavy atom. The predicted octanol–water partition coefficient (Wildman–Crippen LogP) is 0.146. The molecule has 1 amide bonds. The smallest absolute Gasteiger partial charge is 0.281 e. The van der Waals surface area contributed by atoms with Gasteiger partial charge in [-0.15, -0.1) is 5.10 Å². The fourth-order valence-electron chi connectivity index (χ4n) is 1.51. The van der Waals surface area contributed by atoms with E-state index in [0.29, 0.717) is 6.54 Å². The summed E-state index contributed by atoms with van der Waals surface area (Å²) in [5.74, 6) is -2.06. The second-order valence-corrected chi connectivity index (χ2v) is 6.35. The van der Waals surface area contributed by atoms with Crippen LogP contribution in [0.4, 0.5) is 8.78 Å². The lowest BCUT2D eigenvalue weighted by molar-refractivity contribution is -0.126. The number of aromatic nitrogens is 3. The highest BCUT2D eigenvalue weighted by atomic mass is 32.2. The van der Waals surface area contributed by atoms with E-state index < -0.39 is 39.4 Å². The molecule has 0 aliphatic heterocycles. The molecule has 7 nitrogen and oxygen atoms in total. The third kappa shape index (κ3) is 3.95. The van der Waals surface area contributed by atoms with Crippen LogP contribution in [0, 0.1) is 0 Å². The van der Waals surface area contributed by atoms with Crippen molar-refractivity contribution in [2.24, 2.45) is 7.05 Å². The lowest BCUT2D eigenvalue weighted by Crippen LogP contribution is -2.32. The highest BCUT2D eigenvalue weighted by Gasteiger charge is 2.26. The minimum atomic E-state index is -3.87. The van der Waals surface area contributed by atoms with Crippen molar-refractivity contribution in [3.05, 3.63) is 11.4 Å². The first-order valence-corrected chi connectivity index (χ1v) is 7.61. The lowest BCUT2D eigenvalue weighted by Gasteiger charge is -2.14. The first-order valence-electron chi connectivity index (χ1n) is 5.79. The molecule has 0 aliphatic carbocycles. The number of aryl methyl sites for hydroxylation is 1. The van der Waals surface area contributed by atoms with Gasteiger partial charge in [0, 0.05) is 20.6 Å². The van der Waals surface area contributed by atoms with Crippen molar-refractivity contribution in [2.75, 3.05) is 19.3 Å². The van der Waals surface area contributed by atoms with Gasteiger partial charge in [0.1, 0.15) is 17.1 Å². The Morgan fingerprint density at radius 2 is 2.05 bits per heavy atom. The topological polar surface area (TPSA) is 85.2 Å². The van der Waals surface area contributed by atoms with Crippen LogP contribution in [0.5, 0.6) is 0 Å². The molecule has 0 bridgehead atoms. The van der Waals surface area contributed by atoms with Crippen molar-refractivity contribution in [3.63, 3.8) is 0 Å². The molecule has 0 atom stereocenters. The van der Waals surface area contributed by atoms with E-state index in [9.17, 15) is 22.0 Å². The number of rotatable bonds is 6. The van der Waals surface area contributed by atoms with E-state index in [4.69, 9.17) is 0 Å². The van der Waals surface area contributed by atoms with Gasteiger partial charge in [-0.05, 0) is 6.92 Å². The van der Waals surface area contributed by atoms with E-state index in [-0.39, 0.29) is 5.69 Å². The summed E-state index contributed by atoms with van der Waals surface area (Å²) in [5.41, 5.74) is -0.876. The number of carbonyl (C=O) groups excluding carboxylic acids is 1. The summed E-state index contributed by atoms with van der Waals surface area (Å²) in [6, 6.07) is 0. The maximum absolute atomic E-state index is 12.8. The maximum Gasteiger partial charge on any atom is 0.281 e. The molecule has 114 valence electrons. The van der Waals surface area contributed by atoms with Crippen LogP contribution in [0.15, 0.2) is 0 Å². The number of carbonyl (C=O) groups is 1. The second kappa shape index (κ2) is 6.25. The number of nitrogens with zero attached hydrogens (tertiary/aromatic N) is 4. The first-order chi connectivity index (χ1) is 9.18. The zero-order valence-corrected chi connectivity index (χ0v) is 12.2. The number of hydrogen-bond donors (Lipinski definition) is 0. The van der Waals surface area contributed by atoms with Gasteiger partial charge >= 0.3 is 0 Å². The first kappa shape index (κ1) is 16.5. The molecule has 1 aromatic rings. The molecule has 0 fully saturated rings. The minimum Gasteiger partial charge on any atom is -0.345 e. The molecule has 0 aliphatic rings. The zero-order chi connectivity index (χ0) is 15.5.